The van der Waals surface area contributed by atoms with Crippen molar-refractivity contribution in [3.05, 3.63) is 48.2 Å². The first kappa shape index (κ1) is 12.0. The zero-order valence-corrected chi connectivity index (χ0v) is 8.97. The van der Waals surface area contributed by atoms with Crippen molar-refractivity contribution in [3.63, 3.8) is 0 Å². The van der Waals surface area contributed by atoms with Crippen LogP contribution in [0.1, 0.15) is 17.3 Å². The topological polar surface area (TPSA) is 55.4 Å². The summed E-state index contributed by atoms with van der Waals surface area (Å²) < 4.78 is 4.65. The first-order chi connectivity index (χ1) is 7.74. The van der Waals surface area contributed by atoms with Gasteiger partial charge in [-0.3, -0.25) is 4.79 Å². The lowest BCUT2D eigenvalue weighted by Gasteiger charge is -1.99. The summed E-state index contributed by atoms with van der Waals surface area (Å²) in [4.78, 5) is 22.4. The van der Waals surface area contributed by atoms with Crippen molar-refractivity contribution in [2.24, 2.45) is 0 Å². The molecule has 0 radical (unpaired) electrons. The minimum absolute atomic E-state index is 0.263. The van der Waals surface area contributed by atoms with E-state index < -0.39 is 5.97 Å². The molecule has 0 bridgehead atoms. The first-order valence-electron chi connectivity index (χ1n) is 4.93. The predicted molar refractivity (Wildman–Crippen MR) is 59.7 cm³/mol. The van der Waals surface area contributed by atoms with Gasteiger partial charge in [-0.1, -0.05) is 18.2 Å². The highest BCUT2D eigenvalue weighted by Gasteiger charge is 2.01. The van der Waals surface area contributed by atoms with Crippen molar-refractivity contribution in [1.82, 2.24) is 5.32 Å². The van der Waals surface area contributed by atoms with E-state index in [0.29, 0.717) is 12.2 Å². The number of benzene rings is 1. The number of hydrogen-bond acceptors (Lipinski definition) is 3. The van der Waals surface area contributed by atoms with Crippen molar-refractivity contribution >= 4 is 11.9 Å². The molecule has 1 N–H and O–H groups in total. The number of nitrogens with one attached hydrogen (secondary N) is 1. The minimum atomic E-state index is -0.476. The molecule has 0 aliphatic carbocycles. The Balaban J connectivity index is 2.45. The monoisotopic (exact) mass is 219 g/mol. The van der Waals surface area contributed by atoms with Gasteiger partial charge in [0.2, 0.25) is 0 Å². The molecule has 84 valence electrons. The zero-order chi connectivity index (χ0) is 11.8. The fraction of sp³-hybridized carbons (Fsp3) is 0.167. The van der Waals surface area contributed by atoms with Crippen molar-refractivity contribution in [3.8, 4) is 0 Å². The van der Waals surface area contributed by atoms with Gasteiger partial charge >= 0.3 is 5.97 Å². The van der Waals surface area contributed by atoms with Crippen molar-refractivity contribution in [1.29, 1.82) is 0 Å². The average molecular weight is 219 g/mol. The lowest BCUT2D eigenvalue weighted by Crippen LogP contribution is -2.17. The third-order valence-electron chi connectivity index (χ3n) is 1.76. The van der Waals surface area contributed by atoms with Crippen LogP contribution in [0.2, 0.25) is 0 Å². The molecule has 0 aliphatic heterocycles. The van der Waals surface area contributed by atoms with E-state index in [0.717, 1.165) is 0 Å². The molecule has 0 atom stereocenters. The SMILES string of the molecule is CCOC(=O)/C=C\NC(=O)c1ccccc1. The van der Waals surface area contributed by atoms with Crippen LogP contribution >= 0.6 is 0 Å². The molecular weight excluding hydrogens is 206 g/mol. The highest BCUT2D eigenvalue weighted by Crippen LogP contribution is 1.97. The molecule has 0 spiro atoms. The largest absolute Gasteiger partial charge is 0.463 e. The quantitative estimate of drug-likeness (QED) is 0.616. The number of rotatable bonds is 4. The molecule has 0 aromatic heterocycles. The van der Waals surface area contributed by atoms with Gasteiger partial charge in [0.05, 0.1) is 6.61 Å². The van der Waals surface area contributed by atoms with Gasteiger partial charge in [-0.2, -0.15) is 0 Å². The normalized spacial score (nSPS) is 10.1. The Hall–Kier alpha value is -2.10. The second-order valence-corrected chi connectivity index (χ2v) is 2.92. The number of hydrogen-bond donors (Lipinski definition) is 1. The van der Waals surface area contributed by atoms with Crippen LogP contribution in [0.4, 0.5) is 0 Å². The summed E-state index contributed by atoms with van der Waals surface area (Å²) in [6.45, 7) is 2.03. The molecule has 1 aromatic carbocycles. The van der Waals surface area contributed by atoms with Gasteiger partial charge in [0, 0.05) is 17.8 Å². The Labute approximate surface area is 93.9 Å². The number of ether oxygens (including phenoxy) is 1. The molecule has 1 aromatic rings. The van der Waals surface area contributed by atoms with E-state index in [2.05, 4.69) is 10.1 Å². The molecule has 0 heterocycles. The summed E-state index contributed by atoms with van der Waals surface area (Å²) in [5.41, 5.74) is 0.538. The van der Waals surface area contributed by atoms with Crippen LogP contribution in [0, 0.1) is 0 Å². The molecule has 0 saturated heterocycles. The van der Waals surface area contributed by atoms with Crippen LogP contribution in [-0.4, -0.2) is 18.5 Å². The van der Waals surface area contributed by atoms with Gasteiger partial charge in [0.25, 0.3) is 5.91 Å². The van der Waals surface area contributed by atoms with E-state index in [-0.39, 0.29) is 5.91 Å². The maximum atomic E-state index is 11.5. The second kappa shape index (κ2) is 6.40. The predicted octanol–water partition coefficient (Wildman–Crippen LogP) is 1.49. The standard InChI is InChI=1S/C12H13NO3/c1-2-16-11(14)8-9-13-12(15)10-6-4-3-5-7-10/h3-9H,2H2,1H3,(H,13,15)/b9-8-. The molecule has 1 rings (SSSR count). The van der Waals surface area contributed by atoms with Gasteiger partial charge in [-0.25, -0.2) is 4.79 Å². The number of carbonyl (C=O) groups is 2. The second-order valence-electron chi connectivity index (χ2n) is 2.92. The van der Waals surface area contributed by atoms with Crippen LogP contribution < -0.4 is 5.32 Å². The Morgan fingerprint density at radius 3 is 2.62 bits per heavy atom. The molecule has 4 heteroatoms. The Kier molecular flexibility index (Phi) is 4.79. The Bertz CT molecular complexity index is 385. The van der Waals surface area contributed by atoms with E-state index in [9.17, 15) is 9.59 Å². The highest BCUT2D eigenvalue weighted by atomic mass is 16.5. The first-order valence-corrected chi connectivity index (χ1v) is 4.93. The molecule has 0 aliphatic rings. The number of amides is 1. The Morgan fingerprint density at radius 2 is 2.00 bits per heavy atom. The molecular formula is C12H13NO3. The maximum absolute atomic E-state index is 11.5. The molecule has 0 unspecified atom stereocenters. The van der Waals surface area contributed by atoms with E-state index in [1.807, 2.05) is 6.07 Å². The van der Waals surface area contributed by atoms with E-state index in [4.69, 9.17) is 0 Å². The van der Waals surface area contributed by atoms with Crippen LogP contribution in [0.5, 0.6) is 0 Å². The van der Waals surface area contributed by atoms with Crippen LogP contribution in [0.15, 0.2) is 42.6 Å². The van der Waals surface area contributed by atoms with Crippen LogP contribution in [0.3, 0.4) is 0 Å². The summed E-state index contributed by atoms with van der Waals surface area (Å²) in [5, 5.41) is 2.47. The summed E-state index contributed by atoms with van der Waals surface area (Å²) in [5.74, 6) is -0.739. The molecule has 4 nitrogen and oxygen atoms in total. The van der Waals surface area contributed by atoms with E-state index >= 15 is 0 Å². The maximum Gasteiger partial charge on any atom is 0.332 e. The third kappa shape index (κ3) is 3.96. The third-order valence-corrected chi connectivity index (χ3v) is 1.76. The number of esters is 1. The average Bonchev–Trinajstić information content (AvgIpc) is 2.30. The lowest BCUT2D eigenvalue weighted by atomic mass is 10.2. The minimum Gasteiger partial charge on any atom is -0.463 e. The fourth-order valence-corrected chi connectivity index (χ4v) is 1.05. The molecule has 0 fully saturated rings. The zero-order valence-electron chi connectivity index (χ0n) is 8.97. The van der Waals surface area contributed by atoms with Crippen molar-refractivity contribution < 1.29 is 14.3 Å². The summed E-state index contributed by atoms with van der Waals surface area (Å²) in [6.07, 6.45) is 2.44. The van der Waals surface area contributed by atoms with E-state index in [1.165, 1.54) is 12.3 Å². The van der Waals surface area contributed by atoms with Crippen molar-refractivity contribution in [2.75, 3.05) is 6.61 Å². The van der Waals surface area contributed by atoms with Gasteiger partial charge in [-0.15, -0.1) is 0 Å². The van der Waals surface area contributed by atoms with Gasteiger partial charge in [0.15, 0.2) is 0 Å². The smallest absolute Gasteiger partial charge is 0.332 e. The van der Waals surface area contributed by atoms with Gasteiger partial charge in [0.1, 0.15) is 0 Å². The fourth-order valence-electron chi connectivity index (χ4n) is 1.05. The molecule has 0 saturated carbocycles. The summed E-state index contributed by atoms with van der Waals surface area (Å²) in [7, 11) is 0. The lowest BCUT2D eigenvalue weighted by molar-refractivity contribution is -0.137. The number of carbonyl (C=O) groups excluding carboxylic acids is 2. The van der Waals surface area contributed by atoms with Crippen molar-refractivity contribution in [2.45, 2.75) is 6.92 Å². The highest BCUT2D eigenvalue weighted by molar-refractivity contribution is 5.95. The Morgan fingerprint density at radius 1 is 1.31 bits per heavy atom. The summed E-state index contributed by atoms with van der Waals surface area (Å²) in [6, 6.07) is 8.74. The van der Waals surface area contributed by atoms with Gasteiger partial charge in [-0.05, 0) is 19.1 Å². The molecule has 1 amide bonds. The summed E-state index contributed by atoms with van der Waals surface area (Å²) >= 11 is 0. The van der Waals surface area contributed by atoms with Crippen LogP contribution in [0.25, 0.3) is 0 Å². The van der Waals surface area contributed by atoms with Gasteiger partial charge < -0.3 is 10.1 Å². The molecule has 16 heavy (non-hydrogen) atoms. The van der Waals surface area contributed by atoms with Crippen LogP contribution in [-0.2, 0) is 9.53 Å². The van der Waals surface area contributed by atoms with E-state index in [1.54, 1.807) is 31.2 Å².